The van der Waals surface area contributed by atoms with E-state index in [1.54, 1.807) is 0 Å². The zero-order valence-corrected chi connectivity index (χ0v) is 11.8. The molecular weight excluding hydrogens is 319 g/mol. The number of rotatable bonds is 3. The second-order valence-electron chi connectivity index (χ2n) is 4.31. The second kappa shape index (κ2) is 5.52. The second-order valence-corrected chi connectivity index (χ2v) is 5.47. The number of para-hydroxylation sites is 1. The van der Waals surface area contributed by atoms with Gasteiger partial charge in [0, 0.05) is 0 Å². The molecule has 4 heteroatoms. The Balaban J connectivity index is 2.47. The lowest BCUT2D eigenvalue weighted by Gasteiger charge is -2.19. The highest BCUT2D eigenvalue weighted by Crippen LogP contribution is 2.19. The predicted molar refractivity (Wildman–Crippen MR) is 70.5 cm³/mol. The first kappa shape index (κ1) is 13.3. The minimum atomic E-state index is -0.468. The highest BCUT2D eigenvalue weighted by atomic mass is 127. The maximum Gasteiger partial charge on any atom is 0.344 e. The van der Waals surface area contributed by atoms with Crippen molar-refractivity contribution < 1.29 is 14.3 Å². The topological polar surface area (TPSA) is 35.5 Å². The molecule has 0 spiro atoms. The lowest BCUT2D eigenvalue weighted by atomic mass is 10.2. The summed E-state index contributed by atoms with van der Waals surface area (Å²) in [6, 6.07) is 7.53. The fourth-order valence-electron chi connectivity index (χ4n) is 1.07. The Hall–Kier alpha value is -0.780. The summed E-state index contributed by atoms with van der Waals surface area (Å²) in [6.45, 7) is 5.43. The van der Waals surface area contributed by atoms with Gasteiger partial charge < -0.3 is 9.47 Å². The SMILES string of the molecule is CC(C)(C)OC(=O)COc1ccccc1I. The van der Waals surface area contributed by atoms with E-state index in [0.717, 1.165) is 3.57 Å². The van der Waals surface area contributed by atoms with Crippen molar-refractivity contribution >= 4 is 28.6 Å². The van der Waals surface area contributed by atoms with E-state index in [9.17, 15) is 4.79 Å². The summed E-state index contributed by atoms with van der Waals surface area (Å²) >= 11 is 2.16. The van der Waals surface area contributed by atoms with Crippen molar-refractivity contribution in [3.63, 3.8) is 0 Å². The van der Waals surface area contributed by atoms with Crippen molar-refractivity contribution in [1.29, 1.82) is 0 Å². The van der Waals surface area contributed by atoms with E-state index in [1.807, 2.05) is 45.0 Å². The average molecular weight is 334 g/mol. The molecule has 1 aromatic rings. The maximum atomic E-state index is 11.4. The quantitative estimate of drug-likeness (QED) is 0.630. The molecule has 0 heterocycles. The smallest absolute Gasteiger partial charge is 0.344 e. The van der Waals surface area contributed by atoms with Crippen LogP contribution in [0.1, 0.15) is 20.8 Å². The van der Waals surface area contributed by atoms with Crippen LogP contribution in [-0.4, -0.2) is 18.2 Å². The van der Waals surface area contributed by atoms with Crippen LogP contribution in [-0.2, 0) is 9.53 Å². The van der Waals surface area contributed by atoms with Crippen LogP contribution in [0.4, 0.5) is 0 Å². The molecule has 0 aliphatic heterocycles. The van der Waals surface area contributed by atoms with Crippen molar-refractivity contribution in [2.75, 3.05) is 6.61 Å². The average Bonchev–Trinajstić information content (AvgIpc) is 2.14. The van der Waals surface area contributed by atoms with Gasteiger partial charge in [0.15, 0.2) is 6.61 Å². The summed E-state index contributed by atoms with van der Waals surface area (Å²) in [4.78, 5) is 11.4. The van der Waals surface area contributed by atoms with Crippen LogP contribution in [0.2, 0.25) is 0 Å². The molecule has 16 heavy (non-hydrogen) atoms. The summed E-state index contributed by atoms with van der Waals surface area (Å²) in [6.07, 6.45) is 0. The van der Waals surface area contributed by atoms with Gasteiger partial charge in [-0.3, -0.25) is 0 Å². The summed E-state index contributed by atoms with van der Waals surface area (Å²) in [5, 5.41) is 0. The van der Waals surface area contributed by atoms with E-state index in [2.05, 4.69) is 22.6 Å². The van der Waals surface area contributed by atoms with Gasteiger partial charge in [-0.25, -0.2) is 4.79 Å². The van der Waals surface area contributed by atoms with Crippen LogP contribution in [0.25, 0.3) is 0 Å². The lowest BCUT2D eigenvalue weighted by Crippen LogP contribution is -2.27. The summed E-state index contributed by atoms with van der Waals surface area (Å²) < 4.78 is 11.5. The van der Waals surface area contributed by atoms with Crippen molar-refractivity contribution in [3.8, 4) is 5.75 Å². The molecule has 0 bridgehead atoms. The van der Waals surface area contributed by atoms with Gasteiger partial charge >= 0.3 is 5.97 Å². The van der Waals surface area contributed by atoms with E-state index in [0.29, 0.717) is 5.75 Å². The Morgan fingerprint density at radius 3 is 2.50 bits per heavy atom. The molecule has 0 amide bonds. The molecule has 1 rings (SSSR count). The lowest BCUT2D eigenvalue weighted by molar-refractivity contribution is -0.157. The molecule has 0 aromatic heterocycles. The fourth-order valence-corrected chi connectivity index (χ4v) is 1.61. The molecule has 0 radical (unpaired) electrons. The minimum Gasteiger partial charge on any atom is -0.481 e. The number of esters is 1. The fraction of sp³-hybridized carbons (Fsp3) is 0.417. The first-order valence-electron chi connectivity index (χ1n) is 4.98. The first-order valence-corrected chi connectivity index (χ1v) is 6.05. The third-order valence-electron chi connectivity index (χ3n) is 1.60. The van der Waals surface area contributed by atoms with Crippen molar-refractivity contribution in [2.45, 2.75) is 26.4 Å². The summed E-state index contributed by atoms with van der Waals surface area (Å²) in [5.74, 6) is 0.348. The molecule has 3 nitrogen and oxygen atoms in total. The van der Waals surface area contributed by atoms with Gasteiger partial charge in [0.2, 0.25) is 0 Å². The number of ether oxygens (including phenoxy) is 2. The molecule has 0 fully saturated rings. The van der Waals surface area contributed by atoms with Gasteiger partial charge in [-0.05, 0) is 55.5 Å². The van der Waals surface area contributed by atoms with E-state index in [1.165, 1.54) is 0 Å². The largest absolute Gasteiger partial charge is 0.481 e. The maximum absolute atomic E-state index is 11.4. The molecule has 0 aliphatic rings. The third-order valence-corrected chi connectivity index (χ3v) is 2.49. The van der Waals surface area contributed by atoms with E-state index in [4.69, 9.17) is 9.47 Å². The number of hydrogen-bond acceptors (Lipinski definition) is 3. The molecule has 0 aliphatic carbocycles. The number of hydrogen-bond donors (Lipinski definition) is 0. The minimum absolute atomic E-state index is 0.0582. The van der Waals surface area contributed by atoms with Crippen LogP contribution in [0.5, 0.6) is 5.75 Å². The van der Waals surface area contributed by atoms with Gasteiger partial charge in [-0.15, -0.1) is 0 Å². The standard InChI is InChI=1S/C12H15IO3/c1-12(2,3)16-11(14)8-15-10-7-5-4-6-9(10)13/h4-7H,8H2,1-3H3. The Labute approximate surface area is 109 Å². The third kappa shape index (κ3) is 4.83. The summed E-state index contributed by atoms with van der Waals surface area (Å²) in [5.41, 5.74) is -0.468. The van der Waals surface area contributed by atoms with E-state index in [-0.39, 0.29) is 12.6 Å². The van der Waals surface area contributed by atoms with E-state index < -0.39 is 5.60 Å². The van der Waals surface area contributed by atoms with Crippen LogP contribution < -0.4 is 4.74 Å². The van der Waals surface area contributed by atoms with Gasteiger partial charge in [0.1, 0.15) is 11.4 Å². The van der Waals surface area contributed by atoms with Gasteiger partial charge in [0.25, 0.3) is 0 Å². The van der Waals surface area contributed by atoms with Gasteiger partial charge in [-0.2, -0.15) is 0 Å². The highest BCUT2D eigenvalue weighted by molar-refractivity contribution is 14.1. The molecule has 0 atom stereocenters. The number of benzene rings is 1. The Kier molecular flexibility index (Phi) is 4.58. The normalized spacial score (nSPS) is 11.0. The van der Waals surface area contributed by atoms with Gasteiger partial charge in [0.05, 0.1) is 3.57 Å². The molecule has 0 unspecified atom stereocenters. The molecule has 0 N–H and O–H groups in total. The molecule has 88 valence electrons. The monoisotopic (exact) mass is 334 g/mol. The highest BCUT2D eigenvalue weighted by Gasteiger charge is 2.16. The molecule has 1 aromatic carbocycles. The van der Waals surface area contributed by atoms with Crippen LogP contribution >= 0.6 is 22.6 Å². The molecular formula is C12H15IO3. The van der Waals surface area contributed by atoms with Crippen LogP contribution in [0.15, 0.2) is 24.3 Å². The zero-order valence-electron chi connectivity index (χ0n) is 9.62. The Morgan fingerprint density at radius 2 is 1.94 bits per heavy atom. The molecule has 0 saturated heterocycles. The Bertz CT molecular complexity index is 369. The van der Waals surface area contributed by atoms with Crippen LogP contribution in [0.3, 0.4) is 0 Å². The van der Waals surface area contributed by atoms with Crippen molar-refractivity contribution in [2.24, 2.45) is 0 Å². The predicted octanol–water partition coefficient (Wildman–Crippen LogP) is 3.01. The molecule has 0 saturated carbocycles. The van der Waals surface area contributed by atoms with Crippen LogP contribution in [0, 0.1) is 3.57 Å². The Morgan fingerprint density at radius 1 is 1.31 bits per heavy atom. The number of carbonyl (C=O) groups excluding carboxylic acids is 1. The number of halogens is 1. The summed E-state index contributed by atoms with van der Waals surface area (Å²) in [7, 11) is 0. The van der Waals surface area contributed by atoms with Gasteiger partial charge in [-0.1, -0.05) is 12.1 Å². The first-order chi connectivity index (χ1) is 7.38. The zero-order chi connectivity index (χ0) is 12.2. The van der Waals surface area contributed by atoms with E-state index >= 15 is 0 Å². The number of carbonyl (C=O) groups is 1. The van der Waals surface area contributed by atoms with Crippen molar-refractivity contribution in [3.05, 3.63) is 27.8 Å². The van der Waals surface area contributed by atoms with Crippen molar-refractivity contribution in [1.82, 2.24) is 0 Å².